The average Bonchev–Trinajstić information content (AvgIpc) is 4.16. The summed E-state index contributed by atoms with van der Waals surface area (Å²) in [6, 6.07) is 15.1. The summed E-state index contributed by atoms with van der Waals surface area (Å²) in [6.45, 7) is 11.1. The maximum Gasteiger partial charge on any atom is 0.293 e. The number of fused-ring (bicyclic) bond motifs is 1. The van der Waals surface area contributed by atoms with Crippen molar-refractivity contribution in [1.82, 2.24) is 25.3 Å². The number of carbonyl (C=O) groups is 3. The summed E-state index contributed by atoms with van der Waals surface area (Å²) in [5, 5.41) is 17.1. The van der Waals surface area contributed by atoms with E-state index in [1.54, 1.807) is 30.4 Å². The van der Waals surface area contributed by atoms with Gasteiger partial charge in [0, 0.05) is 67.2 Å². The molecule has 2 atom stereocenters. The SMILES string of the molecule is CCn1c(-c2cccnc2C(C)OC)c(CC(C)(C)COC=O)c2cc(-c3cc(O)cc(CC(NC(=O)C(C4CC4)C4CC4)C(=O)N4CCCCN4)c3)ccc21. The van der Waals surface area contributed by atoms with Crippen molar-refractivity contribution in [3.63, 3.8) is 0 Å². The first-order valence-electron chi connectivity index (χ1n) is 20.4. The molecule has 2 saturated carbocycles. The zero-order valence-corrected chi connectivity index (χ0v) is 33.5. The lowest BCUT2D eigenvalue weighted by Gasteiger charge is -2.32. The number of nitrogens with one attached hydrogen (secondary N) is 2. The van der Waals surface area contributed by atoms with Gasteiger partial charge < -0.3 is 24.5 Å². The number of aromatic nitrogens is 2. The van der Waals surface area contributed by atoms with Crippen LogP contribution in [0.15, 0.2) is 54.7 Å². The van der Waals surface area contributed by atoms with Crippen molar-refractivity contribution in [2.24, 2.45) is 23.2 Å². The highest BCUT2D eigenvalue weighted by Gasteiger charge is 2.46. The minimum atomic E-state index is -0.767. The molecule has 298 valence electrons. The Hall–Kier alpha value is -4.74. The minimum absolute atomic E-state index is 0.0157. The lowest BCUT2D eigenvalue weighted by Crippen LogP contribution is -2.56. The number of hydrogen-bond donors (Lipinski definition) is 3. The van der Waals surface area contributed by atoms with E-state index in [1.165, 1.54) is 0 Å². The molecule has 0 spiro atoms. The first-order chi connectivity index (χ1) is 27.0. The Morgan fingerprint density at radius 2 is 1.84 bits per heavy atom. The number of benzene rings is 2. The molecule has 11 nitrogen and oxygen atoms in total. The fourth-order valence-corrected chi connectivity index (χ4v) is 8.71. The van der Waals surface area contributed by atoms with E-state index in [2.05, 4.69) is 60.3 Å². The van der Waals surface area contributed by atoms with Gasteiger partial charge in [0.2, 0.25) is 5.91 Å². The fourth-order valence-electron chi connectivity index (χ4n) is 8.71. The van der Waals surface area contributed by atoms with Crippen LogP contribution >= 0.6 is 0 Å². The molecule has 2 aromatic heterocycles. The highest BCUT2D eigenvalue weighted by Crippen LogP contribution is 2.49. The van der Waals surface area contributed by atoms with Crippen molar-refractivity contribution < 1.29 is 29.0 Å². The van der Waals surface area contributed by atoms with Gasteiger partial charge in [-0.15, -0.1) is 0 Å². The van der Waals surface area contributed by atoms with Crippen molar-refractivity contribution in [2.45, 2.75) is 97.8 Å². The highest BCUT2D eigenvalue weighted by molar-refractivity contribution is 5.95. The molecule has 3 aliphatic rings. The Morgan fingerprint density at radius 1 is 1.07 bits per heavy atom. The van der Waals surface area contributed by atoms with E-state index in [9.17, 15) is 19.5 Å². The normalized spacial score (nSPS) is 17.2. The third-order valence-corrected chi connectivity index (χ3v) is 11.8. The second-order valence-electron chi connectivity index (χ2n) is 16.8. The van der Waals surface area contributed by atoms with E-state index in [0.29, 0.717) is 37.8 Å². The van der Waals surface area contributed by atoms with E-state index >= 15 is 0 Å². The molecule has 4 aromatic rings. The Labute approximate surface area is 330 Å². The molecule has 2 amide bonds. The van der Waals surface area contributed by atoms with Crippen LogP contribution in [0.2, 0.25) is 0 Å². The molecule has 2 aromatic carbocycles. The van der Waals surface area contributed by atoms with E-state index in [0.717, 1.165) is 95.2 Å². The second kappa shape index (κ2) is 16.8. The molecule has 2 aliphatic carbocycles. The Kier molecular flexibility index (Phi) is 11.8. The fraction of sp³-hybridized carbons (Fsp3) is 0.511. The van der Waals surface area contributed by atoms with Crippen LogP contribution < -0.4 is 10.7 Å². The van der Waals surface area contributed by atoms with Crippen molar-refractivity contribution in [2.75, 3.05) is 26.8 Å². The molecule has 2 unspecified atom stereocenters. The first-order valence-corrected chi connectivity index (χ1v) is 20.4. The number of phenols is 1. The summed E-state index contributed by atoms with van der Waals surface area (Å²) >= 11 is 0. The number of pyridine rings is 1. The van der Waals surface area contributed by atoms with Gasteiger partial charge in [0.1, 0.15) is 11.8 Å². The van der Waals surface area contributed by atoms with Gasteiger partial charge >= 0.3 is 0 Å². The number of nitrogens with zero attached hydrogens (tertiary/aromatic N) is 3. The van der Waals surface area contributed by atoms with Gasteiger partial charge in [-0.05, 0) is 129 Å². The molecule has 3 heterocycles. The van der Waals surface area contributed by atoms with Crippen LogP contribution in [-0.2, 0) is 43.2 Å². The van der Waals surface area contributed by atoms with Crippen LogP contribution in [0, 0.1) is 23.2 Å². The van der Waals surface area contributed by atoms with Crippen LogP contribution in [0.5, 0.6) is 5.75 Å². The first kappa shape index (κ1) is 39.5. The summed E-state index contributed by atoms with van der Waals surface area (Å²) < 4.78 is 13.4. The average molecular weight is 764 g/mol. The predicted octanol–water partition coefficient (Wildman–Crippen LogP) is 7.14. The smallest absolute Gasteiger partial charge is 0.293 e. The van der Waals surface area contributed by atoms with Crippen molar-refractivity contribution in [1.29, 1.82) is 0 Å². The monoisotopic (exact) mass is 763 g/mol. The van der Waals surface area contributed by atoms with Crippen LogP contribution in [0.1, 0.15) is 89.1 Å². The van der Waals surface area contributed by atoms with Crippen molar-refractivity contribution in [3.05, 3.63) is 71.5 Å². The highest BCUT2D eigenvalue weighted by atomic mass is 16.5. The van der Waals surface area contributed by atoms with Crippen LogP contribution in [0.25, 0.3) is 33.3 Å². The van der Waals surface area contributed by atoms with Gasteiger partial charge in [-0.1, -0.05) is 26.0 Å². The molecule has 0 bridgehead atoms. The summed E-state index contributed by atoms with van der Waals surface area (Å²) in [4.78, 5) is 43.9. The molecule has 1 aliphatic heterocycles. The lowest BCUT2D eigenvalue weighted by molar-refractivity contribution is -0.141. The van der Waals surface area contributed by atoms with E-state index < -0.39 is 6.04 Å². The van der Waals surface area contributed by atoms with Crippen LogP contribution in [-0.4, -0.2) is 70.8 Å². The summed E-state index contributed by atoms with van der Waals surface area (Å²) in [5.74, 6) is 0.726. The zero-order chi connectivity index (χ0) is 39.6. The maximum atomic E-state index is 14.0. The van der Waals surface area contributed by atoms with Gasteiger partial charge in [-0.25, -0.2) is 5.43 Å². The number of phenolic OH excluding ortho intramolecular Hbond substituents is 1. The number of amides is 2. The number of ether oxygens (including phenoxy) is 2. The topological polar surface area (TPSA) is 135 Å². The molecule has 11 heteroatoms. The largest absolute Gasteiger partial charge is 0.508 e. The number of methoxy groups -OCH3 is 1. The Bertz CT molecular complexity index is 2050. The van der Waals surface area contributed by atoms with Gasteiger partial charge in [0.15, 0.2) is 0 Å². The number of rotatable bonds is 17. The maximum absolute atomic E-state index is 14.0. The number of hydrazine groups is 1. The zero-order valence-electron chi connectivity index (χ0n) is 33.5. The predicted molar refractivity (Wildman–Crippen MR) is 216 cm³/mol. The summed E-state index contributed by atoms with van der Waals surface area (Å²) in [5.41, 5.74) is 10.3. The van der Waals surface area contributed by atoms with E-state index in [1.807, 2.05) is 19.1 Å². The quantitative estimate of drug-likeness (QED) is 0.0968. The standard InChI is InChI=1S/C45H57N5O6/c1-6-49-39-16-15-32(24-36(39)37(25-45(3,4)26-56-27-51)42(49)35-10-9-17-46-41(35)28(2)55-5)33-20-29(21-34(52)23-33)22-38(44(54)50-19-8-7-18-47-50)48-43(53)40(30-11-12-30)31-13-14-31/h9-10,15-17,20-21,23-24,27-28,30-31,38,40,47,52H,6-8,11-14,18-19,22,25-26H2,1-5H3,(H,48,53). The number of aromatic hydroxyl groups is 1. The molecule has 56 heavy (non-hydrogen) atoms. The molecule has 0 radical (unpaired) electrons. The molecular weight excluding hydrogens is 707 g/mol. The molecular formula is C45H57N5O6. The van der Waals surface area contributed by atoms with E-state index in [4.69, 9.17) is 14.5 Å². The molecule has 3 fully saturated rings. The van der Waals surface area contributed by atoms with Gasteiger partial charge in [0.25, 0.3) is 12.4 Å². The van der Waals surface area contributed by atoms with Gasteiger partial charge in [0.05, 0.1) is 24.1 Å². The van der Waals surface area contributed by atoms with Gasteiger partial charge in [-0.2, -0.15) is 0 Å². The molecule has 1 saturated heterocycles. The number of aryl methyl sites for hydroxylation is 1. The molecule has 7 rings (SSSR count). The minimum Gasteiger partial charge on any atom is -0.508 e. The lowest BCUT2D eigenvalue weighted by atomic mass is 9.84. The summed E-state index contributed by atoms with van der Waals surface area (Å²) in [6.07, 6.45) is 8.62. The Morgan fingerprint density at radius 3 is 2.50 bits per heavy atom. The van der Waals surface area contributed by atoms with E-state index in [-0.39, 0.29) is 48.0 Å². The third-order valence-electron chi connectivity index (χ3n) is 11.8. The van der Waals surface area contributed by atoms with Crippen LogP contribution in [0.4, 0.5) is 0 Å². The van der Waals surface area contributed by atoms with Crippen LogP contribution in [0.3, 0.4) is 0 Å². The molecule has 3 N–H and O–H groups in total. The second-order valence-corrected chi connectivity index (χ2v) is 16.8. The van der Waals surface area contributed by atoms with Crippen molar-refractivity contribution in [3.8, 4) is 28.1 Å². The Balaban J connectivity index is 1.28. The third kappa shape index (κ3) is 8.64. The van der Waals surface area contributed by atoms with Gasteiger partial charge in [-0.3, -0.25) is 24.4 Å². The number of hydrogen-bond acceptors (Lipinski definition) is 8. The number of carbonyl (C=O) groups excluding carboxylic acids is 3. The summed E-state index contributed by atoms with van der Waals surface area (Å²) in [7, 11) is 1.69. The van der Waals surface area contributed by atoms with Crippen molar-refractivity contribution >= 4 is 29.2 Å².